The minimum Gasteiger partial charge on any atom is -0.463 e. The first-order valence-corrected chi connectivity index (χ1v) is 10.1. The molecule has 11 nitrogen and oxygen atoms in total. The van der Waals surface area contributed by atoms with Gasteiger partial charge >= 0.3 is 23.6 Å². The van der Waals surface area contributed by atoms with Crippen LogP contribution in [0.15, 0.2) is 19.9 Å². The first-order valence-electron chi connectivity index (χ1n) is 8.50. The number of ether oxygens (including phenoxy) is 4. The van der Waals surface area contributed by atoms with Gasteiger partial charge in [0, 0.05) is 27.0 Å². The zero-order chi connectivity index (χ0) is 22.6. The maximum atomic E-state index is 12.5. The van der Waals surface area contributed by atoms with Gasteiger partial charge in [-0.25, -0.2) is 4.79 Å². The largest absolute Gasteiger partial charge is 0.463 e. The fraction of sp³-hybridized carbons (Fsp3) is 0.471. The van der Waals surface area contributed by atoms with Crippen LogP contribution in [0.5, 0.6) is 0 Å². The number of rotatable bonds is 6. The number of H-pyrrole nitrogens is 1. The summed E-state index contributed by atoms with van der Waals surface area (Å²) in [6.07, 6.45) is -3.68. The Bertz CT molecular complexity index is 986. The molecular formula is C17H18ClIN2O9. The average Bonchev–Trinajstić information content (AvgIpc) is 2.95. The van der Waals surface area contributed by atoms with Gasteiger partial charge in [-0.2, -0.15) is 0 Å². The molecule has 1 aromatic rings. The Kier molecular flexibility index (Phi) is 8.20. The van der Waals surface area contributed by atoms with Gasteiger partial charge in [-0.3, -0.25) is 28.7 Å². The molecule has 0 spiro atoms. The second-order valence-electron chi connectivity index (χ2n) is 6.18. The molecule has 0 unspecified atom stereocenters. The Labute approximate surface area is 188 Å². The van der Waals surface area contributed by atoms with E-state index in [-0.39, 0.29) is 17.2 Å². The molecule has 1 aliphatic rings. The van der Waals surface area contributed by atoms with Crippen molar-refractivity contribution in [3.8, 4) is 0 Å². The van der Waals surface area contributed by atoms with Crippen LogP contribution in [0.3, 0.4) is 0 Å². The molecule has 0 amide bonds. The molecule has 1 aliphatic heterocycles. The maximum Gasteiger partial charge on any atom is 0.330 e. The lowest BCUT2D eigenvalue weighted by Crippen LogP contribution is -2.42. The summed E-state index contributed by atoms with van der Waals surface area (Å²) < 4.78 is 23.5. The Hall–Kier alpha value is -2.19. The summed E-state index contributed by atoms with van der Waals surface area (Å²) in [7, 11) is 0. The summed E-state index contributed by atoms with van der Waals surface area (Å²) in [5.74, 6) is -2.06. The van der Waals surface area contributed by atoms with Crippen LogP contribution < -0.4 is 11.2 Å². The van der Waals surface area contributed by atoms with Crippen molar-refractivity contribution >= 4 is 57.1 Å². The molecule has 1 saturated heterocycles. The summed E-state index contributed by atoms with van der Waals surface area (Å²) in [5, 5.41) is 0.0561. The lowest BCUT2D eigenvalue weighted by atomic mass is 10.1. The van der Waals surface area contributed by atoms with Crippen LogP contribution in [-0.4, -0.2) is 52.4 Å². The summed E-state index contributed by atoms with van der Waals surface area (Å²) >= 11 is 7.84. The van der Waals surface area contributed by atoms with Crippen molar-refractivity contribution in [3.63, 3.8) is 0 Å². The van der Waals surface area contributed by atoms with Gasteiger partial charge in [0.05, 0.1) is 10.6 Å². The summed E-state index contributed by atoms with van der Waals surface area (Å²) in [6, 6.07) is 0. The van der Waals surface area contributed by atoms with Crippen molar-refractivity contribution in [2.75, 3.05) is 6.61 Å². The molecule has 0 saturated carbocycles. The number of carbonyl (C=O) groups is 3. The monoisotopic (exact) mass is 556 g/mol. The number of esters is 3. The first-order chi connectivity index (χ1) is 14.0. The van der Waals surface area contributed by atoms with E-state index in [9.17, 15) is 24.0 Å². The molecule has 1 fully saturated rings. The quantitative estimate of drug-likeness (QED) is 0.306. The third-order valence-electron chi connectivity index (χ3n) is 3.94. The average molecular weight is 557 g/mol. The number of nitrogens with zero attached hydrogens (tertiary/aromatic N) is 1. The van der Waals surface area contributed by atoms with E-state index in [0.29, 0.717) is 0 Å². The number of halogens is 2. The fourth-order valence-electron chi connectivity index (χ4n) is 2.82. The molecule has 0 bridgehead atoms. The molecule has 164 valence electrons. The minimum atomic E-state index is -1.31. The maximum absolute atomic E-state index is 12.5. The zero-order valence-corrected chi connectivity index (χ0v) is 19.0. The van der Waals surface area contributed by atoms with E-state index in [0.717, 1.165) is 24.6 Å². The van der Waals surface area contributed by atoms with Crippen LogP contribution >= 0.6 is 34.2 Å². The number of carbonyl (C=O) groups excluding carboxylic acids is 3. The zero-order valence-electron chi connectivity index (χ0n) is 16.0. The van der Waals surface area contributed by atoms with Gasteiger partial charge in [0.1, 0.15) is 12.7 Å². The van der Waals surface area contributed by atoms with Crippen LogP contribution in [-0.2, 0) is 33.3 Å². The molecule has 2 rings (SSSR count). The highest BCUT2D eigenvalue weighted by Gasteiger charge is 2.51. The SMILES string of the molecule is CC(=O)OC[C@H]1O[C@@H](n2cc(C(Cl)=CI)c(=O)[nH]c2=O)[C@H](OC(C)=O)[C@@H]1OC(C)=O. The highest BCUT2D eigenvalue weighted by Crippen LogP contribution is 2.34. The smallest absolute Gasteiger partial charge is 0.330 e. The lowest BCUT2D eigenvalue weighted by molar-refractivity contribution is -0.166. The second kappa shape index (κ2) is 10.2. The van der Waals surface area contributed by atoms with Crippen molar-refractivity contribution in [2.45, 2.75) is 45.3 Å². The highest BCUT2D eigenvalue weighted by atomic mass is 127. The molecule has 1 N–H and O–H groups in total. The van der Waals surface area contributed by atoms with Crippen molar-refractivity contribution in [2.24, 2.45) is 0 Å². The van der Waals surface area contributed by atoms with Crippen LogP contribution in [0, 0.1) is 0 Å². The topological polar surface area (TPSA) is 143 Å². The number of aromatic amines is 1. The third kappa shape index (κ3) is 5.70. The molecule has 1 aromatic heterocycles. The van der Waals surface area contributed by atoms with Gasteiger partial charge in [-0.15, -0.1) is 0 Å². The number of aromatic nitrogens is 2. The number of hydrogen-bond acceptors (Lipinski definition) is 9. The fourth-order valence-corrected chi connectivity index (χ4v) is 3.29. The standard InChI is InChI=1S/C17H18ClIN2O9/c1-7(22)27-6-12-13(28-8(2)23)14(29-9(3)24)16(30-12)21-5-10(11(18)4-19)15(25)20-17(21)26/h4-5,12-14,16H,6H2,1-3H3,(H,20,25,26)/t12-,13-,14-,16-/m1/s1. The molecule has 2 heterocycles. The van der Waals surface area contributed by atoms with E-state index in [1.54, 1.807) is 0 Å². The van der Waals surface area contributed by atoms with E-state index in [2.05, 4.69) is 4.98 Å². The number of nitrogens with one attached hydrogen (secondary N) is 1. The van der Waals surface area contributed by atoms with Gasteiger partial charge in [0.25, 0.3) is 5.56 Å². The van der Waals surface area contributed by atoms with E-state index < -0.39 is 53.7 Å². The normalized spacial score (nSPS) is 23.7. The molecule has 13 heteroatoms. The predicted molar refractivity (Wildman–Crippen MR) is 111 cm³/mol. The van der Waals surface area contributed by atoms with Crippen LogP contribution in [0.1, 0.15) is 32.6 Å². The van der Waals surface area contributed by atoms with Crippen LogP contribution in [0.2, 0.25) is 0 Å². The van der Waals surface area contributed by atoms with Crippen molar-refractivity contribution in [3.05, 3.63) is 36.7 Å². The Balaban J connectivity index is 2.56. The van der Waals surface area contributed by atoms with Crippen molar-refractivity contribution in [1.29, 1.82) is 0 Å². The van der Waals surface area contributed by atoms with E-state index in [1.165, 1.54) is 11.0 Å². The summed E-state index contributed by atoms with van der Waals surface area (Å²) in [5.41, 5.74) is -1.65. The van der Waals surface area contributed by atoms with E-state index >= 15 is 0 Å². The Morgan fingerprint density at radius 3 is 2.30 bits per heavy atom. The molecule has 0 aliphatic carbocycles. The van der Waals surface area contributed by atoms with Crippen molar-refractivity contribution in [1.82, 2.24) is 9.55 Å². The minimum absolute atomic E-state index is 0.0386. The van der Waals surface area contributed by atoms with Gasteiger partial charge in [-0.05, 0) is 4.08 Å². The molecule has 4 atom stereocenters. The number of hydrogen-bond donors (Lipinski definition) is 1. The van der Waals surface area contributed by atoms with Gasteiger partial charge in [0.2, 0.25) is 0 Å². The second-order valence-corrected chi connectivity index (χ2v) is 7.21. The van der Waals surface area contributed by atoms with Gasteiger partial charge < -0.3 is 18.9 Å². The summed E-state index contributed by atoms with van der Waals surface area (Å²) in [4.78, 5) is 61.1. The first kappa shape index (κ1) is 24.1. The van der Waals surface area contributed by atoms with Crippen molar-refractivity contribution < 1.29 is 33.3 Å². The van der Waals surface area contributed by atoms with Crippen LogP contribution in [0.4, 0.5) is 0 Å². The molecule has 30 heavy (non-hydrogen) atoms. The molecule has 0 aromatic carbocycles. The summed E-state index contributed by atoms with van der Waals surface area (Å²) in [6.45, 7) is 3.10. The Morgan fingerprint density at radius 2 is 1.77 bits per heavy atom. The highest BCUT2D eigenvalue weighted by molar-refractivity contribution is 14.1. The Morgan fingerprint density at radius 1 is 1.17 bits per heavy atom. The van der Waals surface area contributed by atoms with E-state index in [4.69, 9.17) is 30.5 Å². The van der Waals surface area contributed by atoms with E-state index in [1.807, 2.05) is 22.6 Å². The van der Waals surface area contributed by atoms with Gasteiger partial charge in [-0.1, -0.05) is 34.2 Å². The van der Waals surface area contributed by atoms with Crippen LogP contribution in [0.25, 0.3) is 5.03 Å². The third-order valence-corrected chi connectivity index (χ3v) is 5.24. The molecule has 0 radical (unpaired) electrons. The predicted octanol–water partition coefficient (Wildman–Crippen LogP) is 0.833. The lowest BCUT2D eigenvalue weighted by Gasteiger charge is -2.24. The molecular weight excluding hydrogens is 539 g/mol. The van der Waals surface area contributed by atoms with Gasteiger partial charge in [0.15, 0.2) is 18.4 Å².